The maximum atomic E-state index is 13.0. The molecule has 0 spiro atoms. The number of nitrogens with one attached hydrogen (secondary N) is 1. The molecule has 0 radical (unpaired) electrons. The van der Waals surface area contributed by atoms with E-state index in [0.717, 1.165) is 38.3 Å². The number of benzene rings is 1. The highest BCUT2D eigenvalue weighted by Gasteiger charge is 2.12. The number of rotatable bonds is 2. The van der Waals surface area contributed by atoms with Crippen molar-refractivity contribution >= 4 is 0 Å². The molecule has 2 nitrogen and oxygen atoms in total. The molecule has 1 aliphatic rings. The van der Waals surface area contributed by atoms with E-state index in [1.807, 2.05) is 6.07 Å². The minimum absolute atomic E-state index is 0.157. The second-order valence-corrected chi connectivity index (χ2v) is 3.98. The van der Waals surface area contributed by atoms with E-state index < -0.39 is 0 Å². The normalized spacial score (nSPS) is 22.3. The largest absolute Gasteiger partial charge is 0.380 e. The van der Waals surface area contributed by atoms with Gasteiger partial charge in [0, 0.05) is 13.1 Å². The molecular weight excluding hydrogens is 193 g/mol. The van der Waals surface area contributed by atoms with Gasteiger partial charge in [-0.2, -0.15) is 0 Å². The molecule has 0 amide bonds. The Balaban J connectivity index is 1.95. The highest BCUT2D eigenvalue weighted by Crippen LogP contribution is 2.11. The van der Waals surface area contributed by atoms with Crippen LogP contribution in [0.15, 0.2) is 24.3 Å². The van der Waals surface area contributed by atoms with Crippen LogP contribution >= 0.6 is 0 Å². The summed E-state index contributed by atoms with van der Waals surface area (Å²) in [5, 5.41) is 3.31. The Morgan fingerprint density at radius 2 is 2.40 bits per heavy atom. The molecule has 3 heteroatoms. The molecular formula is C12H16FNO. The second kappa shape index (κ2) is 5.24. The van der Waals surface area contributed by atoms with Crippen molar-refractivity contribution in [3.05, 3.63) is 35.6 Å². The molecule has 2 rings (SSSR count). The van der Waals surface area contributed by atoms with Gasteiger partial charge < -0.3 is 10.1 Å². The van der Waals surface area contributed by atoms with Crippen LogP contribution in [0.4, 0.5) is 4.39 Å². The molecule has 0 aliphatic carbocycles. The van der Waals surface area contributed by atoms with E-state index in [4.69, 9.17) is 4.74 Å². The van der Waals surface area contributed by atoms with Crippen LogP contribution in [-0.4, -0.2) is 26.3 Å². The lowest BCUT2D eigenvalue weighted by Gasteiger charge is -2.13. The van der Waals surface area contributed by atoms with E-state index in [-0.39, 0.29) is 5.82 Å². The molecule has 1 N–H and O–H groups in total. The molecule has 1 atom stereocenters. The highest BCUT2D eigenvalue weighted by atomic mass is 19.1. The molecule has 1 aromatic rings. The number of halogens is 1. The third kappa shape index (κ3) is 3.29. The minimum atomic E-state index is -0.157. The van der Waals surface area contributed by atoms with E-state index in [1.54, 1.807) is 12.1 Å². The lowest BCUT2D eigenvalue weighted by atomic mass is 10.00. The Kier molecular flexibility index (Phi) is 3.69. The summed E-state index contributed by atoms with van der Waals surface area (Å²) in [6.07, 6.45) is 0.880. The summed E-state index contributed by atoms with van der Waals surface area (Å²) >= 11 is 0. The van der Waals surface area contributed by atoms with Gasteiger partial charge in [0.2, 0.25) is 0 Å². The fourth-order valence-corrected chi connectivity index (χ4v) is 1.89. The predicted octanol–water partition coefficient (Wildman–Crippen LogP) is 1.60. The van der Waals surface area contributed by atoms with Crippen molar-refractivity contribution in [2.24, 2.45) is 5.92 Å². The average molecular weight is 209 g/mol. The molecule has 1 aliphatic heterocycles. The van der Waals surface area contributed by atoms with E-state index in [0.29, 0.717) is 5.92 Å². The zero-order valence-electron chi connectivity index (χ0n) is 8.71. The van der Waals surface area contributed by atoms with Crippen molar-refractivity contribution in [2.45, 2.75) is 6.42 Å². The molecule has 82 valence electrons. The summed E-state index contributed by atoms with van der Waals surface area (Å²) in [7, 11) is 0. The van der Waals surface area contributed by atoms with Gasteiger partial charge in [0.15, 0.2) is 0 Å². The van der Waals surface area contributed by atoms with Gasteiger partial charge in [0.1, 0.15) is 5.82 Å². The first-order valence-electron chi connectivity index (χ1n) is 5.37. The molecule has 0 aromatic heterocycles. The summed E-state index contributed by atoms with van der Waals surface area (Å²) in [4.78, 5) is 0. The molecule has 15 heavy (non-hydrogen) atoms. The zero-order chi connectivity index (χ0) is 10.5. The monoisotopic (exact) mass is 209 g/mol. The maximum Gasteiger partial charge on any atom is 0.123 e. The molecule has 1 saturated heterocycles. The fourth-order valence-electron chi connectivity index (χ4n) is 1.89. The summed E-state index contributed by atoms with van der Waals surface area (Å²) in [5.74, 6) is 0.296. The van der Waals surface area contributed by atoms with Crippen LogP contribution in [0.1, 0.15) is 5.56 Å². The average Bonchev–Trinajstić information content (AvgIpc) is 2.46. The summed E-state index contributed by atoms with van der Waals surface area (Å²) in [6.45, 7) is 3.42. The van der Waals surface area contributed by atoms with Crippen LogP contribution in [-0.2, 0) is 11.2 Å². The summed E-state index contributed by atoms with van der Waals surface area (Å²) in [6, 6.07) is 6.81. The fraction of sp³-hybridized carbons (Fsp3) is 0.500. The van der Waals surface area contributed by atoms with E-state index in [1.165, 1.54) is 6.07 Å². The molecule has 0 bridgehead atoms. The predicted molar refractivity (Wildman–Crippen MR) is 57.3 cm³/mol. The summed E-state index contributed by atoms with van der Waals surface area (Å²) < 4.78 is 18.4. The maximum absolute atomic E-state index is 13.0. The Morgan fingerprint density at radius 3 is 3.27 bits per heavy atom. The second-order valence-electron chi connectivity index (χ2n) is 3.98. The quantitative estimate of drug-likeness (QED) is 0.799. The van der Waals surface area contributed by atoms with Crippen molar-refractivity contribution in [3.63, 3.8) is 0 Å². The molecule has 1 fully saturated rings. The summed E-state index contributed by atoms with van der Waals surface area (Å²) in [5.41, 5.74) is 1.05. The van der Waals surface area contributed by atoms with Gasteiger partial charge in [-0.15, -0.1) is 0 Å². The van der Waals surface area contributed by atoms with Crippen molar-refractivity contribution in [1.29, 1.82) is 0 Å². The van der Waals surface area contributed by atoms with Gasteiger partial charge >= 0.3 is 0 Å². The lowest BCUT2D eigenvalue weighted by Crippen LogP contribution is -2.24. The Labute approximate surface area is 89.4 Å². The van der Waals surface area contributed by atoms with Gasteiger partial charge in [-0.1, -0.05) is 12.1 Å². The van der Waals surface area contributed by atoms with Crippen LogP contribution < -0.4 is 5.32 Å². The van der Waals surface area contributed by atoms with E-state index >= 15 is 0 Å². The van der Waals surface area contributed by atoms with Crippen molar-refractivity contribution < 1.29 is 9.13 Å². The standard InChI is InChI=1S/C12H16FNO/c13-12-3-1-2-10(7-12)6-11-8-14-4-5-15-9-11/h1-3,7,11,14H,4-6,8-9H2. The molecule has 1 heterocycles. The number of ether oxygens (including phenoxy) is 1. The zero-order valence-corrected chi connectivity index (χ0v) is 8.71. The van der Waals surface area contributed by atoms with Crippen LogP contribution in [0.2, 0.25) is 0 Å². The smallest absolute Gasteiger partial charge is 0.123 e. The van der Waals surface area contributed by atoms with Crippen molar-refractivity contribution in [1.82, 2.24) is 5.32 Å². The first-order chi connectivity index (χ1) is 7.34. The SMILES string of the molecule is Fc1cccc(CC2CNCCOC2)c1. The van der Waals surface area contributed by atoms with Crippen LogP contribution in [0, 0.1) is 11.7 Å². The highest BCUT2D eigenvalue weighted by molar-refractivity contribution is 5.16. The van der Waals surface area contributed by atoms with Gasteiger partial charge in [-0.25, -0.2) is 4.39 Å². The Bertz CT molecular complexity index is 308. The minimum Gasteiger partial charge on any atom is -0.380 e. The number of hydrogen-bond acceptors (Lipinski definition) is 2. The Morgan fingerprint density at radius 1 is 1.47 bits per heavy atom. The van der Waals surface area contributed by atoms with Crippen molar-refractivity contribution in [3.8, 4) is 0 Å². The first kappa shape index (κ1) is 10.6. The van der Waals surface area contributed by atoms with Crippen LogP contribution in [0.5, 0.6) is 0 Å². The van der Waals surface area contributed by atoms with E-state index in [9.17, 15) is 4.39 Å². The molecule has 1 aromatic carbocycles. The van der Waals surface area contributed by atoms with Gasteiger partial charge in [-0.05, 0) is 30.0 Å². The van der Waals surface area contributed by atoms with Crippen LogP contribution in [0.3, 0.4) is 0 Å². The number of hydrogen-bond donors (Lipinski definition) is 1. The Hall–Kier alpha value is -0.930. The third-order valence-electron chi connectivity index (χ3n) is 2.62. The molecule has 1 unspecified atom stereocenters. The van der Waals surface area contributed by atoms with E-state index in [2.05, 4.69) is 5.32 Å². The van der Waals surface area contributed by atoms with Crippen molar-refractivity contribution in [2.75, 3.05) is 26.3 Å². The third-order valence-corrected chi connectivity index (χ3v) is 2.62. The van der Waals surface area contributed by atoms with Crippen LogP contribution in [0.25, 0.3) is 0 Å². The molecule has 0 saturated carbocycles. The van der Waals surface area contributed by atoms with Gasteiger partial charge in [-0.3, -0.25) is 0 Å². The first-order valence-corrected chi connectivity index (χ1v) is 5.37. The van der Waals surface area contributed by atoms with Gasteiger partial charge in [0.25, 0.3) is 0 Å². The lowest BCUT2D eigenvalue weighted by molar-refractivity contribution is 0.123. The van der Waals surface area contributed by atoms with Gasteiger partial charge in [0.05, 0.1) is 13.2 Å². The topological polar surface area (TPSA) is 21.3 Å².